The standard InChI is InChI=1S/C24H27N3O2/c1-16(7-6-8-17(2)29-3)22-9-4-5-10-23-20-12-11-18(19-14-25-26-15-19)13-21(20)24(28)27(22)23/h6-8,11-15,22-23H,1,4-5,9-10H2,2-3H3,(H,25,26)/b7-6-,17-8+/t22-,23?/m1/s1. The maximum atomic E-state index is 13.5. The van der Waals surface area contributed by atoms with Crippen molar-refractivity contribution in [1.82, 2.24) is 15.1 Å². The quantitative estimate of drug-likeness (QED) is 0.566. The summed E-state index contributed by atoms with van der Waals surface area (Å²) in [6.07, 6.45) is 13.7. The molecule has 1 fully saturated rings. The molecular formula is C24H27N3O2. The molecule has 5 heteroatoms. The fourth-order valence-electron chi connectivity index (χ4n) is 4.37. The van der Waals surface area contributed by atoms with E-state index in [-0.39, 0.29) is 18.0 Å². The number of benzene rings is 1. The minimum atomic E-state index is 0.0206. The lowest BCUT2D eigenvalue weighted by atomic mass is 9.97. The van der Waals surface area contributed by atoms with E-state index in [1.165, 1.54) is 0 Å². The molecule has 0 spiro atoms. The number of fused-ring (bicyclic) bond motifs is 3. The van der Waals surface area contributed by atoms with Crippen molar-refractivity contribution < 1.29 is 9.53 Å². The van der Waals surface area contributed by atoms with Crippen molar-refractivity contribution in [3.8, 4) is 11.1 Å². The number of ether oxygens (including phenoxy) is 1. The lowest BCUT2D eigenvalue weighted by Gasteiger charge is -2.32. The molecule has 2 atom stereocenters. The highest BCUT2D eigenvalue weighted by Gasteiger charge is 2.42. The summed E-state index contributed by atoms with van der Waals surface area (Å²) in [6, 6.07) is 6.37. The number of nitrogens with one attached hydrogen (secondary N) is 1. The second-order valence-corrected chi connectivity index (χ2v) is 7.73. The number of hydrogen-bond donors (Lipinski definition) is 1. The van der Waals surface area contributed by atoms with Gasteiger partial charge < -0.3 is 9.64 Å². The van der Waals surface area contributed by atoms with Gasteiger partial charge in [0.25, 0.3) is 5.91 Å². The molecule has 1 amide bonds. The summed E-state index contributed by atoms with van der Waals surface area (Å²) in [5.41, 5.74) is 4.92. The van der Waals surface area contributed by atoms with E-state index in [1.54, 1.807) is 13.3 Å². The van der Waals surface area contributed by atoms with E-state index in [4.69, 9.17) is 4.74 Å². The Morgan fingerprint density at radius 3 is 2.90 bits per heavy atom. The number of nitrogens with zero attached hydrogens (tertiary/aromatic N) is 2. The van der Waals surface area contributed by atoms with Crippen LogP contribution in [-0.2, 0) is 4.74 Å². The molecule has 1 N–H and O–H groups in total. The lowest BCUT2D eigenvalue weighted by molar-refractivity contribution is 0.0669. The summed E-state index contributed by atoms with van der Waals surface area (Å²) in [4.78, 5) is 15.5. The highest BCUT2D eigenvalue weighted by molar-refractivity contribution is 6.00. The molecule has 3 heterocycles. The zero-order valence-electron chi connectivity index (χ0n) is 17.0. The number of hydrogen-bond acceptors (Lipinski definition) is 3. The van der Waals surface area contributed by atoms with Gasteiger partial charge >= 0.3 is 0 Å². The van der Waals surface area contributed by atoms with Gasteiger partial charge in [-0.25, -0.2) is 0 Å². The van der Waals surface area contributed by atoms with Crippen LogP contribution in [0.5, 0.6) is 0 Å². The summed E-state index contributed by atoms with van der Waals surface area (Å²) >= 11 is 0. The van der Waals surface area contributed by atoms with E-state index in [9.17, 15) is 4.79 Å². The Labute approximate surface area is 171 Å². The van der Waals surface area contributed by atoms with E-state index < -0.39 is 0 Å². The van der Waals surface area contributed by atoms with Gasteiger partial charge in [0.1, 0.15) is 0 Å². The van der Waals surface area contributed by atoms with Gasteiger partial charge in [0.05, 0.1) is 31.1 Å². The molecule has 0 aliphatic carbocycles. The predicted octanol–water partition coefficient (Wildman–Crippen LogP) is 5.18. The van der Waals surface area contributed by atoms with Crippen LogP contribution in [0.1, 0.15) is 54.6 Å². The number of aromatic nitrogens is 2. The smallest absolute Gasteiger partial charge is 0.255 e. The number of allylic oxidation sites excluding steroid dienone is 3. The minimum absolute atomic E-state index is 0.0206. The maximum Gasteiger partial charge on any atom is 0.255 e. The van der Waals surface area contributed by atoms with Crippen LogP contribution >= 0.6 is 0 Å². The molecule has 2 aliphatic heterocycles. The molecule has 0 radical (unpaired) electrons. The van der Waals surface area contributed by atoms with Crippen molar-refractivity contribution in [3.63, 3.8) is 0 Å². The van der Waals surface area contributed by atoms with Crippen molar-refractivity contribution in [2.45, 2.75) is 44.7 Å². The highest BCUT2D eigenvalue weighted by atomic mass is 16.5. The largest absolute Gasteiger partial charge is 0.501 e. The molecule has 2 aromatic rings. The first-order chi connectivity index (χ1) is 14.1. The van der Waals surface area contributed by atoms with Gasteiger partial charge in [-0.05, 0) is 48.6 Å². The van der Waals surface area contributed by atoms with Crippen LogP contribution in [0.4, 0.5) is 0 Å². The van der Waals surface area contributed by atoms with Gasteiger partial charge in [0.15, 0.2) is 0 Å². The Balaban J connectivity index is 1.64. The van der Waals surface area contributed by atoms with Crippen LogP contribution in [0, 0.1) is 0 Å². The Hall–Kier alpha value is -3.08. The van der Waals surface area contributed by atoms with Gasteiger partial charge in [-0.2, -0.15) is 5.10 Å². The fourth-order valence-corrected chi connectivity index (χ4v) is 4.37. The second-order valence-electron chi connectivity index (χ2n) is 7.73. The molecule has 4 rings (SSSR count). The number of rotatable bonds is 5. The molecule has 2 aliphatic rings. The molecule has 29 heavy (non-hydrogen) atoms. The van der Waals surface area contributed by atoms with Crippen molar-refractivity contribution in [2.24, 2.45) is 0 Å². The summed E-state index contributed by atoms with van der Waals surface area (Å²) < 4.78 is 5.18. The van der Waals surface area contributed by atoms with Crippen LogP contribution in [-0.4, -0.2) is 34.2 Å². The zero-order chi connectivity index (χ0) is 20.4. The number of methoxy groups -OCH3 is 1. The van der Waals surface area contributed by atoms with Crippen molar-refractivity contribution in [3.05, 3.63) is 77.9 Å². The lowest BCUT2D eigenvalue weighted by Crippen LogP contribution is -2.38. The number of carbonyl (C=O) groups excluding carboxylic acids is 1. The van der Waals surface area contributed by atoms with Crippen LogP contribution in [0.3, 0.4) is 0 Å². The van der Waals surface area contributed by atoms with E-state index in [2.05, 4.69) is 33.8 Å². The summed E-state index contributed by atoms with van der Waals surface area (Å²) in [5, 5.41) is 6.87. The van der Waals surface area contributed by atoms with Crippen LogP contribution in [0.2, 0.25) is 0 Å². The average molecular weight is 389 g/mol. The molecule has 1 saturated heterocycles. The number of H-pyrrole nitrogens is 1. The molecule has 150 valence electrons. The van der Waals surface area contributed by atoms with Crippen LogP contribution in [0.15, 0.2) is 66.7 Å². The second kappa shape index (κ2) is 8.11. The number of aromatic amines is 1. The Kier molecular flexibility index (Phi) is 5.38. The first-order valence-electron chi connectivity index (χ1n) is 10.1. The summed E-state index contributed by atoms with van der Waals surface area (Å²) in [5.74, 6) is 0.949. The Bertz CT molecular complexity index is 972. The Morgan fingerprint density at radius 2 is 2.14 bits per heavy atom. The predicted molar refractivity (Wildman–Crippen MR) is 114 cm³/mol. The molecule has 1 aromatic heterocycles. The normalized spacial score (nSPS) is 21.8. The number of amides is 1. The van der Waals surface area contributed by atoms with E-state index >= 15 is 0 Å². The highest BCUT2D eigenvalue weighted by Crippen LogP contribution is 2.44. The third kappa shape index (κ3) is 3.65. The van der Waals surface area contributed by atoms with Gasteiger partial charge in [-0.15, -0.1) is 0 Å². The fraction of sp³-hybridized carbons (Fsp3) is 0.333. The van der Waals surface area contributed by atoms with Crippen molar-refractivity contribution in [1.29, 1.82) is 0 Å². The SMILES string of the molecule is C=C(/C=C\C=C(/C)OC)[C@H]1CCCCC2c3ccc(-c4cn[nH]c4)cc3C(=O)N21. The van der Waals surface area contributed by atoms with Crippen LogP contribution in [0.25, 0.3) is 11.1 Å². The minimum Gasteiger partial charge on any atom is -0.501 e. The van der Waals surface area contributed by atoms with Crippen molar-refractivity contribution in [2.75, 3.05) is 7.11 Å². The maximum absolute atomic E-state index is 13.5. The van der Waals surface area contributed by atoms with Gasteiger partial charge in [0.2, 0.25) is 0 Å². The molecule has 5 nitrogen and oxygen atoms in total. The third-order valence-corrected chi connectivity index (χ3v) is 5.98. The monoisotopic (exact) mass is 389 g/mol. The Morgan fingerprint density at radius 1 is 1.31 bits per heavy atom. The molecule has 1 aromatic carbocycles. The van der Waals surface area contributed by atoms with E-state index in [0.717, 1.165) is 59.3 Å². The van der Waals surface area contributed by atoms with E-state index in [0.29, 0.717) is 0 Å². The first kappa shape index (κ1) is 19.2. The van der Waals surface area contributed by atoms with Gasteiger partial charge in [-0.1, -0.05) is 43.7 Å². The molecule has 0 bridgehead atoms. The first-order valence-corrected chi connectivity index (χ1v) is 10.1. The summed E-state index contributed by atoms with van der Waals surface area (Å²) in [6.45, 7) is 6.21. The third-order valence-electron chi connectivity index (χ3n) is 5.98. The van der Waals surface area contributed by atoms with Crippen LogP contribution < -0.4 is 0 Å². The van der Waals surface area contributed by atoms with E-state index in [1.807, 2.05) is 37.4 Å². The van der Waals surface area contributed by atoms with Gasteiger partial charge in [0, 0.05) is 17.3 Å². The molecular weight excluding hydrogens is 362 g/mol. The topological polar surface area (TPSA) is 58.2 Å². The summed E-state index contributed by atoms with van der Waals surface area (Å²) in [7, 11) is 1.66. The van der Waals surface area contributed by atoms with Crippen molar-refractivity contribution >= 4 is 5.91 Å². The number of carbonyl (C=O) groups is 1. The molecule has 1 unspecified atom stereocenters. The molecule has 0 saturated carbocycles. The zero-order valence-corrected chi connectivity index (χ0v) is 17.0. The van der Waals surface area contributed by atoms with Gasteiger partial charge in [-0.3, -0.25) is 9.89 Å². The average Bonchev–Trinajstić information content (AvgIpc) is 3.29.